The molecular formula is C29H24ClN3O2S. The molecule has 2 amide bonds. The third-order valence-electron chi connectivity index (χ3n) is 5.32. The number of hydrogen-bond acceptors (Lipinski definition) is 4. The molecule has 2 N–H and O–H groups in total. The van der Waals surface area contributed by atoms with Gasteiger partial charge in [-0.1, -0.05) is 60.1 Å². The molecule has 0 aliphatic heterocycles. The smallest absolute Gasteiger partial charge is 0.271 e. The highest BCUT2D eigenvalue weighted by atomic mass is 35.5. The Morgan fingerprint density at radius 2 is 1.50 bits per heavy atom. The first-order valence-corrected chi connectivity index (χ1v) is 12.6. The molecule has 0 fully saturated rings. The molecule has 5 nitrogen and oxygen atoms in total. The summed E-state index contributed by atoms with van der Waals surface area (Å²) in [6.45, 7) is 1.79. The molecule has 0 aromatic heterocycles. The summed E-state index contributed by atoms with van der Waals surface area (Å²) < 4.78 is 0. The minimum absolute atomic E-state index is 0.261. The van der Waals surface area contributed by atoms with Crippen molar-refractivity contribution in [3.63, 3.8) is 0 Å². The highest BCUT2D eigenvalue weighted by Gasteiger charge is 2.09. The Bertz CT molecular complexity index is 1390. The van der Waals surface area contributed by atoms with Crippen LogP contribution >= 0.6 is 23.4 Å². The summed E-state index contributed by atoms with van der Waals surface area (Å²) in [4.78, 5) is 26.3. The number of hydrazone groups is 1. The summed E-state index contributed by atoms with van der Waals surface area (Å²) >= 11 is 7.73. The first-order chi connectivity index (χ1) is 17.5. The van der Waals surface area contributed by atoms with Gasteiger partial charge in [-0.25, -0.2) is 5.43 Å². The van der Waals surface area contributed by atoms with Gasteiger partial charge in [0.1, 0.15) is 0 Å². The molecule has 4 aromatic rings. The van der Waals surface area contributed by atoms with Crippen LogP contribution in [0.2, 0.25) is 5.02 Å². The van der Waals surface area contributed by atoms with Crippen molar-refractivity contribution in [2.24, 2.45) is 5.10 Å². The standard InChI is InChI=1S/C29H24ClN3O2S/c1-20(23-7-6-10-26(18-23)31-28(34)24-8-5-9-25(30)17-24)32-33-29(35)22-15-13-21(14-16-22)19-36-27-11-3-2-4-12-27/h2-18H,19H2,1H3,(H,31,34)(H,33,35)/b32-20-. The summed E-state index contributed by atoms with van der Waals surface area (Å²) in [5, 5.41) is 7.59. The first kappa shape index (κ1) is 25.2. The quantitative estimate of drug-likeness (QED) is 0.151. The largest absolute Gasteiger partial charge is 0.322 e. The predicted octanol–water partition coefficient (Wildman–Crippen LogP) is 7.04. The summed E-state index contributed by atoms with van der Waals surface area (Å²) in [6.07, 6.45) is 0. The lowest BCUT2D eigenvalue weighted by Crippen LogP contribution is -2.19. The third-order valence-corrected chi connectivity index (χ3v) is 6.63. The Labute approximate surface area is 219 Å². The summed E-state index contributed by atoms with van der Waals surface area (Å²) in [5.74, 6) is 0.276. The van der Waals surface area contributed by atoms with E-state index in [0.717, 1.165) is 16.9 Å². The minimum Gasteiger partial charge on any atom is -0.322 e. The SMILES string of the molecule is C/C(=N/NC(=O)c1ccc(CSc2ccccc2)cc1)c1cccc(NC(=O)c2cccc(Cl)c2)c1. The fraction of sp³-hybridized carbons (Fsp3) is 0.0690. The molecule has 0 aliphatic carbocycles. The molecule has 180 valence electrons. The average molecular weight is 514 g/mol. The van der Waals surface area contributed by atoms with Crippen molar-refractivity contribution in [2.45, 2.75) is 17.6 Å². The van der Waals surface area contributed by atoms with Gasteiger partial charge in [-0.05, 0) is 72.6 Å². The maximum Gasteiger partial charge on any atom is 0.271 e. The second-order valence-electron chi connectivity index (χ2n) is 7.98. The van der Waals surface area contributed by atoms with E-state index in [4.69, 9.17) is 11.6 Å². The molecule has 0 aliphatic rings. The van der Waals surface area contributed by atoms with Crippen LogP contribution in [0.1, 0.15) is 38.8 Å². The van der Waals surface area contributed by atoms with E-state index in [9.17, 15) is 9.59 Å². The number of nitrogens with zero attached hydrogens (tertiary/aromatic N) is 1. The summed E-state index contributed by atoms with van der Waals surface area (Å²) in [5.41, 5.74) is 6.74. The molecule has 0 radical (unpaired) electrons. The topological polar surface area (TPSA) is 70.6 Å². The molecular weight excluding hydrogens is 490 g/mol. The fourth-order valence-electron chi connectivity index (χ4n) is 3.35. The number of rotatable bonds is 8. The maximum atomic E-state index is 12.6. The van der Waals surface area contributed by atoms with Gasteiger partial charge in [0.25, 0.3) is 11.8 Å². The number of anilines is 1. The molecule has 7 heteroatoms. The number of halogens is 1. The molecule has 4 rings (SSSR count). The fourth-order valence-corrected chi connectivity index (χ4v) is 4.42. The Morgan fingerprint density at radius 1 is 0.778 bits per heavy atom. The molecule has 0 saturated heterocycles. The van der Waals surface area contributed by atoms with Crippen molar-refractivity contribution in [3.8, 4) is 0 Å². The molecule has 0 heterocycles. The van der Waals surface area contributed by atoms with Crippen molar-refractivity contribution in [3.05, 3.63) is 130 Å². The van der Waals surface area contributed by atoms with Gasteiger partial charge in [-0.15, -0.1) is 11.8 Å². The monoisotopic (exact) mass is 513 g/mol. The highest BCUT2D eigenvalue weighted by molar-refractivity contribution is 7.98. The number of benzene rings is 4. The molecule has 0 unspecified atom stereocenters. The van der Waals surface area contributed by atoms with Crippen LogP contribution in [0.3, 0.4) is 0 Å². The number of thioether (sulfide) groups is 1. The number of carbonyl (C=O) groups excluding carboxylic acids is 2. The van der Waals surface area contributed by atoms with Crippen LogP contribution in [-0.2, 0) is 5.75 Å². The van der Waals surface area contributed by atoms with Gasteiger partial charge in [0.05, 0.1) is 5.71 Å². The lowest BCUT2D eigenvalue weighted by atomic mass is 10.1. The highest BCUT2D eigenvalue weighted by Crippen LogP contribution is 2.22. The number of hydrogen-bond donors (Lipinski definition) is 2. The van der Waals surface area contributed by atoms with Crippen molar-refractivity contribution >= 4 is 46.6 Å². The van der Waals surface area contributed by atoms with Crippen LogP contribution in [0.25, 0.3) is 0 Å². The minimum atomic E-state index is -0.290. The van der Waals surface area contributed by atoms with Crippen LogP contribution < -0.4 is 10.7 Å². The Morgan fingerprint density at radius 3 is 2.25 bits per heavy atom. The van der Waals surface area contributed by atoms with Gasteiger partial charge in [-0.3, -0.25) is 9.59 Å². The van der Waals surface area contributed by atoms with E-state index < -0.39 is 0 Å². The van der Waals surface area contributed by atoms with Crippen LogP contribution in [-0.4, -0.2) is 17.5 Å². The summed E-state index contributed by atoms with van der Waals surface area (Å²) in [7, 11) is 0. The van der Waals surface area contributed by atoms with E-state index in [2.05, 4.69) is 28.0 Å². The van der Waals surface area contributed by atoms with E-state index in [0.29, 0.717) is 27.5 Å². The van der Waals surface area contributed by atoms with Gasteiger partial charge in [0, 0.05) is 32.5 Å². The van der Waals surface area contributed by atoms with Crippen LogP contribution in [0.4, 0.5) is 5.69 Å². The zero-order chi connectivity index (χ0) is 25.3. The third kappa shape index (κ3) is 7.07. The number of amides is 2. The second-order valence-corrected chi connectivity index (χ2v) is 9.47. The zero-order valence-electron chi connectivity index (χ0n) is 19.6. The number of nitrogens with one attached hydrogen (secondary N) is 2. The van der Waals surface area contributed by atoms with Crippen molar-refractivity contribution in [1.29, 1.82) is 0 Å². The van der Waals surface area contributed by atoms with Gasteiger partial charge in [0.2, 0.25) is 0 Å². The van der Waals surface area contributed by atoms with E-state index in [1.165, 1.54) is 4.90 Å². The Balaban J connectivity index is 1.34. The van der Waals surface area contributed by atoms with Gasteiger partial charge in [0.15, 0.2) is 0 Å². The van der Waals surface area contributed by atoms with Crippen molar-refractivity contribution in [1.82, 2.24) is 5.43 Å². The molecule has 36 heavy (non-hydrogen) atoms. The molecule has 0 saturated carbocycles. The number of carbonyl (C=O) groups is 2. The average Bonchev–Trinajstić information content (AvgIpc) is 2.91. The maximum absolute atomic E-state index is 12.6. The molecule has 0 atom stereocenters. The lowest BCUT2D eigenvalue weighted by Gasteiger charge is -2.08. The summed E-state index contributed by atoms with van der Waals surface area (Å²) in [6, 6.07) is 31.7. The van der Waals surface area contributed by atoms with E-state index >= 15 is 0 Å². The molecule has 4 aromatic carbocycles. The van der Waals surface area contributed by atoms with Crippen LogP contribution in [0.5, 0.6) is 0 Å². The van der Waals surface area contributed by atoms with Gasteiger partial charge in [-0.2, -0.15) is 5.10 Å². The van der Waals surface area contributed by atoms with Gasteiger partial charge < -0.3 is 5.32 Å². The van der Waals surface area contributed by atoms with Crippen molar-refractivity contribution in [2.75, 3.05) is 5.32 Å². The molecule has 0 spiro atoms. The van der Waals surface area contributed by atoms with Crippen LogP contribution in [0, 0.1) is 0 Å². The van der Waals surface area contributed by atoms with E-state index in [1.807, 2.05) is 42.5 Å². The van der Waals surface area contributed by atoms with E-state index in [-0.39, 0.29) is 11.8 Å². The van der Waals surface area contributed by atoms with Crippen molar-refractivity contribution < 1.29 is 9.59 Å². The Hall–Kier alpha value is -3.87. The van der Waals surface area contributed by atoms with Gasteiger partial charge >= 0.3 is 0 Å². The predicted molar refractivity (Wildman–Crippen MR) is 148 cm³/mol. The molecule has 0 bridgehead atoms. The zero-order valence-corrected chi connectivity index (χ0v) is 21.1. The second kappa shape index (κ2) is 12.2. The lowest BCUT2D eigenvalue weighted by molar-refractivity contribution is 0.0954. The normalized spacial score (nSPS) is 11.1. The van der Waals surface area contributed by atoms with E-state index in [1.54, 1.807) is 67.2 Å². The van der Waals surface area contributed by atoms with Crippen LogP contribution in [0.15, 0.2) is 113 Å². The Kier molecular flexibility index (Phi) is 8.55. The first-order valence-electron chi connectivity index (χ1n) is 11.3.